The zero-order valence-electron chi connectivity index (χ0n) is 14.8. The molecule has 6 heteroatoms. The Morgan fingerprint density at radius 2 is 2.24 bits per heavy atom. The number of carbonyl (C=O) groups excluding carboxylic acids is 1. The van der Waals surface area contributed by atoms with Crippen LogP contribution in [0.4, 0.5) is 0 Å². The summed E-state index contributed by atoms with van der Waals surface area (Å²) < 4.78 is 7.25. The predicted octanol–water partition coefficient (Wildman–Crippen LogP) is 2.17. The first-order chi connectivity index (χ1) is 12.1. The second kappa shape index (κ2) is 7.78. The third-order valence-corrected chi connectivity index (χ3v) is 4.75. The fourth-order valence-electron chi connectivity index (χ4n) is 3.36. The fourth-order valence-corrected chi connectivity index (χ4v) is 3.36. The Labute approximate surface area is 147 Å². The first kappa shape index (κ1) is 17.6. The van der Waals surface area contributed by atoms with Gasteiger partial charge in [0, 0.05) is 19.6 Å². The second-order valence-corrected chi connectivity index (χ2v) is 6.64. The van der Waals surface area contributed by atoms with E-state index in [-0.39, 0.29) is 23.6 Å². The van der Waals surface area contributed by atoms with Gasteiger partial charge in [-0.1, -0.05) is 12.1 Å². The molecule has 3 rings (SSSR count). The zero-order valence-corrected chi connectivity index (χ0v) is 14.8. The monoisotopic (exact) mass is 343 g/mol. The smallest absolute Gasteiger partial charge is 0.261 e. The summed E-state index contributed by atoms with van der Waals surface area (Å²) in [5.74, 6) is 0.680. The Morgan fingerprint density at radius 1 is 1.44 bits per heavy atom. The molecule has 2 heterocycles. The van der Waals surface area contributed by atoms with Crippen LogP contribution in [-0.4, -0.2) is 34.2 Å². The molecular formula is C19H25N3O3. The summed E-state index contributed by atoms with van der Waals surface area (Å²) in [6.07, 6.45) is 3.17. The minimum atomic E-state index is -0.0452. The molecule has 1 aliphatic rings. The maximum atomic E-state index is 12.6. The molecule has 0 bridgehead atoms. The molecule has 0 saturated carbocycles. The van der Waals surface area contributed by atoms with Crippen LogP contribution in [0, 0.1) is 6.92 Å². The van der Waals surface area contributed by atoms with Crippen molar-refractivity contribution in [2.45, 2.75) is 58.2 Å². The van der Waals surface area contributed by atoms with Gasteiger partial charge in [0.2, 0.25) is 5.91 Å². The van der Waals surface area contributed by atoms with Gasteiger partial charge in [0.15, 0.2) is 0 Å². The number of rotatable bonds is 6. The standard InChI is InChI=1S/C19H25N3O3/c1-13(17-9-6-12-25-17)20-18(23)10-5-11-22-14(2)21-16-8-4-3-7-15(16)19(22)24/h3-4,7-8,13,17H,5-6,9-12H2,1-2H3,(H,20,23)/t13-,17-/m0/s1. The normalized spacial score (nSPS) is 18.4. The van der Waals surface area contributed by atoms with Gasteiger partial charge in [-0.25, -0.2) is 4.98 Å². The van der Waals surface area contributed by atoms with E-state index in [9.17, 15) is 9.59 Å². The van der Waals surface area contributed by atoms with Crippen molar-refractivity contribution in [2.75, 3.05) is 6.61 Å². The van der Waals surface area contributed by atoms with E-state index in [4.69, 9.17) is 4.74 Å². The summed E-state index contributed by atoms with van der Waals surface area (Å²) in [6, 6.07) is 7.37. The summed E-state index contributed by atoms with van der Waals surface area (Å²) >= 11 is 0. The largest absolute Gasteiger partial charge is 0.376 e. The number of fused-ring (bicyclic) bond motifs is 1. The molecule has 0 unspecified atom stereocenters. The average Bonchev–Trinajstić information content (AvgIpc) is 3.12. The molecule has 25 heavy (non-hydrogen) atoms. The molecule has 0 radical (unpaired) electrons. The maximum Gasteiger partial charge on any atom is 0.261 e. The van der Waals surface area contributed by atoms with E-state index in [1.54, 1.807) is 10.6 Å². The quantitative estimate of drug-likeness (QED) is 0.872. The van der Waals surface area contributed by atoms with Gasteiger partial charge in [-0.3, -0.25) is 14.2 Å². The maximum absolute atomic E-state index is 12.6. The highest BCUT2D eigenvalue weighted by Gasteiger charge is 2.23. The lowest BCUT2D eigenvalue weighted by Gasteiger charge is -2.20. The third kappa shape index (κ3) is 4.07. The Bertz CT molecular complexity index is 809. The third-order valence-electron chi connectivity index (χ3n) is 4.75. The van der Waals surface area contributed by atoms with Crippen molar-refractivity contribution in [1.82, 2.24) is 14.9 Å². The van der Waals surface area contributed by atoms with Gasteiger partial charge >= 0.3 is 0 Å². The highest BCUT2D eigenvalue weighted by atomic mass is 16.5. The summed E-state index contributed by atoms with van der Waals surface area (Å²) in [7, 11) is 0. The number of hydrogen-bond donors (Lipinski definition) is 1. The summed E-state index contributed by atoms with van der Waals surface area (Å²) in [4.78, 5) is 29.2. The van der Waals surface area contributed by atoms with Crippen molar-refractivity contribution in [1.29, 1.82) is 0 Å². The van der Waals surface area contributed by atoms with Crippen molar-refractivity contribution in [3.8, 4) is 0 Å². The van der Waals surface area contributed by atoms with Gasteiger partial charge in [-0.2, -0.15) is 0 Å². The number of hydrogen-bond acceptors (Lipinski definition) is 4. The Kier molecular flexibility index (Phi) is 5.48. The summed E-state index contributed by atoms with van der Waals surface area (Å²) in [5.41, 5.74) is 0.667. The molecule has 134 valence electrons. The molecule has 1 aromatic heterocycles. The molecule has 0 spiro atoms. The number of nitrogens with zero attached hydrogens (tertiary/aromatic N) is 2. The number of benzene rings is 1. The van der Waals surface area contributed by atoms with Gasteiger partial charge in [0.25, 0.3) is 5.56 Å². The first-order valence-electron chi connectivity index (χ1n) is 8.93. The van der Waals surface area contributed by atoms with E-state index >= 15 is 0 Å². The lowest BCUT2D eigenvalue weighted by Crippen LogP contribution is -2.40. The predicted molar refractivity (Wildman–Crippen MR) is 96.6 cm³/mol. The van der Waals surface area contributed by atoms with Crippen molar-refractivity contribution in [3.63, 3.8) is 0 Å². The van der Waals surface area contributed by atoms with E-state index < -0.39 is 0 Å². The van der Waals surface area contributed by atoms with Crippen molar-refractivity contribution < 1.29 is 9.53 Å². The van der Waals surface area contributed by atoms with Crippen LogP contribution in [0.2, 0.25) is 0 Å². The average molecular weight is 343 g/mol. The van der Waals surface area contributed by atoms with Crippen molar-refractivity contribution in [2.24, 2.45) is 0 Å². The lowest BCUT2D eigenvalue weighted by molar-refractivity contribution is -0.122. The molecule has 1 amide bonds. The number of para-hydroxylation sites is 1. The number of aromatic nitrogens is 2. The highest BCUT2D eigenvalue weighted by molar-refractivity contribution is 5.77. The molecule has 1 N–H and O–H groups in total. The summed E-state index contributed by atoms with van der Waals surface area (Å²) in [5, 5.41) is 3.62. The van der Waals surface area contributed by atoms with Gasteiger partial charge in [0.1, 0.15) is 5.82 Å². The van der Waals surface area contributed by atoms with Crippen LogP contribution in [0.1, 0.15) is 38.4 Å². The minimum absolute atomic E-state index is 0.00227. The van der Waals surface area contributed by atoms with Gasteiger partial charge < -0.3 is 10.1 Å². The molecule has 2 atom stereocenters. The fraction of sp³-hybridized carbons (Fsp3) is 0.526. The Hall–Kier alpha value is -2.21. The van der Waals surface area contributed by atoms with Crippen LogP contribution in [0.25, 0.3) is 10.9 Å². The number of carbonyl (C=O) groups is 1. The van der Waals surface area contributed by atoms with Gasteiger partial charge in [-0.05, 0) is 45.2 Å². The molecule has 1 aliphatic heterocycles. The second-order valence-electron chi connectivity index (χ2n) is 6.64. The van der Waals surface area contributed by atoms with Crippen LogP contribution in [0.3, 0.4) is 0 Å². The Balaban J connectivity index is 1.57. The van der Waals surface area contributed by atoms with E-state index in [0.29, 0.717) is 36.1 Å². The van der Waals surface area contributed by atoms with E-state index in [1.165, 1.54) is 0 Å². The minimum Gasteiger partial charge on any atom is -0.376 e. The van der Waals surface area contributed by atoms with Crippen molar-refractivity contribution in [3.05, 3.63) is 40.4 Å². The molecule has 2 aromatic rings. The molecule has 0 aliphatic carbocycles. The van der Waals surface area contributed by atoms with Crippen LogP contribution in [-0.2, 0) is 16.1 Å². The van der Waals surface area contributed by atoms with Gasteiger partial charge in [0.05, 0.1) is 23.0 Å². The SMILES string of the molecule is Cc1nc2ccccc2c(=O)n1CCCC(=O)N[C@@H](C)[C@@H]1CCCO1. The number of aryl methyl sites for hydroxylation is 1. The molecule has 1 aromatic carbocycles. The van der Waals surface area contributed by atoms with Crippen molar-refractivity contribution >= 4 is 16.8 Å². The Morgan fingerprint density at radius 3 is 3.00 bits per heavy atom. The van der Waals surface area contributed by atoms with E-state index in [0.717, 1.165) is 19.4 Å². The topological polar surface area (TPSA) is 73.2 Å². The zero-order chi connectivity index (χ0) is 17.8. The van der Waals surface area contributed by atoms with Crippen LogP contribution >= 0.6 is 0 Å². The number of nitrogens with one attached hydrogen (secondary N) is 1. The number of ether oxygens (including phenoxy) is 1. The number of amides is 1. The molecule has 6 nitrogen and oxygen atoms in total. The van der Waals surface area contributed by atoms with Crippen LogP contribution in [0.5, 0.6) is 0 Å². The van der Waals surface area contributed by atoms with Gasteiger partial charge in [-0.15, -0.1) is 0 Å². The summed E-state index contributed by atoms with van der Waals surface area (Å²) in [6.45, 7) is 5.08. The first-order valence-corrected chi connectivity index (χ1v) is 8.93. The van der Waals surface area contributed by atoms with Crippen LogP contribution in [0.15, 0.2) is 29.1 Å². The van der Waals surface area contributed by atoms with E-state index in [1.807, 2.05) is 32.0 Å². The molecule has 1 saturated heterocycles. The molecular weight excluding hydrogens is 318 g/mol. The van der Waals surface area contributed by atoms with E-state index in [2.05, 4.69) is 10.3 Å². The molecule has 1 fully saturated rings. The van der Waals surface area contributed by atoms with Crippen LogP contribution < -0.4 is 10.9 Å². The lowest BCUT2D eigenvalue weighted by atomic mass is 10.1. The highest BCUT2D eigenvalue weighted by Crippen LogP contribution is 2.15.